The first-order chi connectivity index (χ1) is 10.1. The maximum Gasteiger partial charge on any atom is 0.243 e. The van der Waals surface area contributed by atoms with Crippen LogP contribution in [0.4, 0.5) is 10.1 Å². The molecular weight excluding hydrogens is 271 g/mol. The minimum atomic E-state index is -0.409. The number of amides is 2. The summed E-state index contributed by atoms with van der Waals surface area (Å²) in [5, 5.41) is 5.14. The van der Waals surface area contributed by atoms with E-state index >= 15 is 0 Å². The molecule has 5 heteroatoms. The van der Waals surface area contributed by atoms with Gasteiger partial charge in [0, 0.05) is 12.1 Å². The first-order valence-electron chi connectivity index (χ1n) is 7.45. The van der Waals surface area contributed by atoms with Gasteiger partial charge in [0.2, 0.25) is 11.8 Å². The largest absolute Gasteiger partial charge is 0.347 e. The molecule has 1 aromatic rings. The zero-order chi connectivity index (χ0) is 15.1. The second-order valence-electron chi connectivity index (χ2n) is 5.52. The summed E-state index contributed by atoms with van der Waals surface area (Å²) in [6.45, 7) is -0.0833. The van der Waals surface area contributed by atoms with Gasteiger partial charge in [0.15, 0.2) is 0 Å². The van der Waals surface area contributed by atoms with Crippen LogP contribution >= 0.6 is 0 Å². The van der Waals surface area contributed by atoms with Crippen molar-refractivity contribution in [2.75, 3.05) is 11.9 Å². The fourth-order valence-electron chi connectivity index (χ4n) is 2.67. The Hall–Kier alpha value is -1.91. The Morgan fingerprint density at radius 1 is 1.19 bits per heavy atom. The molecule has 1 saturated carbocycles. The van der Waals surface area contributed by atoms with Gasteiger partial charge >= 0.3 is 0 Å². The number of rotatable bonds is 6. The third kappa shape index (κ3) is 5.53. The summed E-state index contributed by atoms with van der Waals surface area (Å²) in [6, 6.07) is 5.66. The molecule has 114 valence electrons. The first kappa shape index (κ1) is 15.5. The van der Waals surface area contributed by atoms with E-state index in [0.717, 1.165) is 6.42 Å². The summed E-state index contributed by atoms with van der Waals surface area (Å²) in [4.78, 5) is 23.3. The van der Waals surface area contributed by atoms with Crippen LogP contribution in [0, 0.1) is 11.7 Å². The minimum Gasteiger partial charge on any atom is -0.347 e. The number of nitrogens with one attached hydrogen (secondary N) is 2. The van der Waals surface area contributed by atoms with E-state index in [2.05, 4.69) is 10.6 Å². The molecule has 2 N–H and O–H groups in total. The van der Waals surface area contributed by atoms with E-state index in [9.17, 15) is 14.0 Å². The smallest absolute Gasteiger partial charge is 0.243 e. The summed E-state index contributed by atoms with van der Waals surface area (Å²) in [5.74, 6) is -0.198. The van der Waals surface area contributed by atoms with Gasteiger partial charge in [0.1, 0.15) is 5.82 Å². The highest BCUT2D eigenvalue weighted by Crippen LogP contribution is 2.28. The molecule has 1 fully saturated rings. The van der Waals surface area contributed by atoms with Crippen molar-refractivity contribution in [1.29, 1.82) is 0 Å². The summed E-state index contributed by atoms with van der Waals surface area (Å²) in [7, 11) is 0. The van der Waals surface area contributed by atoms with Gasteiger partial charge in [0.05, 0.1) is 6.54 Å². The highest BCUT2D eigenvalue weighted by Gasteiger charge is 2.16. The molecule has 0 spiro atoms. The van der Waals surface area contributed by atoms with Crippen molar-refractivity contribution in [2.24, 2.45) is 5.92 Å². The quantitative estimate of drug-likeness (QED) is 0.847. The van der Waals surface area contributed by atoms with E-state index in [1.807, 2.05) is 0 Å². The zero-order valence-electron chi connectivity index (χ0n) is 12.0. The Morgan fingerprint density at radius 3 is 2.67 bits per heavy atom. The average molecular weight is 292 g/mol. The van der Waals surface area contributed by atoms with E-state index in [4.69, 9.17) is 0 Å². The SMILES string of the molecule is O=C(CCC1CCCC1)NCC(=O)Nc1cccc(F)c1. The summed E-state index contributed by atoms with van der Waals surface area (Å²) >= 11 is 0. The Kier molecular flexibility index (Phi) is 5.72. The molecule has 0 heterocycles. The molecule has 0 unspecified atom stereocenters. The number of hydrogen-bond acceptors (Lipinski definition) is 2. The number of halogens is 1. The number of anilines is 1. The molecular formula is C16H21FN2O2. The first-order valence-corrected chi connectivity index (χ1v) is 7.45. The number of carbonyl (C=O) groups is 2. The Balaban J connectivity index is 1.64. The summed E-state index contributed by atoms with van der Waals surface area (Å²) in [5.41, 5.74) is 0.389. The van der Waals surface area contributed by atoms with Crippen LogP contribution in [0.2, 0.25) is 0 Å². The van der Waals surface area contributed by atoms with Crippen LogP contribution < -0.4 is 10.6 Å². The molecule has 0 radical (unpaired) electrons. The average Bonchev–Trinajstić information content (AvgIpc) is 2.96. The molecule has 1 aromatic carbocycles. The molecule has 1 aliphatic carbocycles. The molecule has 0 bridgehead atoms. The van der Waals surface area contributed by atoms with Crippen molar-refractivity contribution in [1.82, 2.24) is 5.32 Å². The maximum atomic E-state index is 13.0. The molecule has 0 aromatic heterocycles. The monoisotopic (exact) mass is 292 g/mol. The fraction of sp³-hybridized carbons (Fsp3) is 0.500. The standard InChI is InChI=1S/C16H21FN2O2/c17-13-6-3-7-14(10-13)19-16(21)11-18-15(20)9-8-12-4-1-2-5-12/h3,6-7,10,12H,1-2,4-5,8-9,11H2,(H,18,20)(H,19,21). The lowest BCUT2D eigenvalue weighted by Gasteiger charge is -2.09. The molecule has 1 aliphatic rings. The van der Waals surface area contributed by atoms with Crippen molar-refractivity contribution >= 4 is 17.5 Å². The number of benzene rings is 1. The molecule has 21 heavy (non-hydrogen) atoms. The van der Waals surface area contributed by atoms with Crippen molar-refractivity contribution in [2.45, 2.75) is 38.5 Å². The molecule has 2 rings (SSSR count). The van der Waals surface area contributed by atoms with Gasteiger partial charge < -0.3 is 10.6 Å². The Morgan fingerprint density at radius 2 is 1.95 bits per heavy atom. The zero-order valence-corrected chi connectivity index (χ0v) is 12.0. The van der Waals surface area contributed by atoms with Crippen LogP contribution in [-0.4, -0.2) is 18.4 Å². The predicted octanol–water partition coefficient (Wildman–Crippen LogP) is 2.85. The van der Waals surface area contributed by atoms with Gasteiger partial charge in [0.25, 0.3) is 0 Å². The van der Waals surface area contributed by atoms with Gasteiger partial charge in [-0.05, 0) is 30.5 Å². The third-order valence-electron chi connectivity index (χ3n) is 3.81. The lowest BCUT2D eigenvalue weighted by molar-refractivity contribution is -0.124. The summed E-state index contributed by atoms with van der Waals surface area (Å²) < 4.78 is 13.0. The Bertz CT molecular complexity index is 499. The lowest BCUT2D eigenvalue weighted by atomic mass is 10.0. The van der Waals surface area contributed by atoms with Crippen LogP contribution in [0.25, 0.3) is 0 Å². The second-order valence-corrected chi connectivity index (χ2v) is 5.52. The van der Waals surface area contributed by atoms with Crippen LogP contribution in [0.3, 0.4) is 0 Å². The molecule has 0 atom stereocenters. The van der Waals surface area contributed by atoms with E-state index in [-0.39, 0.29) is 18.4 Å². The highest BCUT2D eigenvalue weighted by atomic mass is 19.1. The van der Waals surface area contributed by atoms with E-state index in [1.165, 1.54) is 43.9 Å². The van der Waals surface area contributed by atoms with E-state index < -0.39 is 5.82 Å². The van der Waals surface area contributed by atoms with Crippen LogP contribution in [0.15, 0.2) is 24.3 Å². The third-order valence-corrected chi connectivity index (χ3v) is 3.81. The van der Waals surface area contributed by atoms with Crippen molar-refractivity contribution < 1.29 is 14.0 Å². The number of hydrogen-bond donors (Lipinski definition) is 2. The lowest BCUT2D eigenvalue weighted by Crippen LogP contribution is -2.32. The van der Waals surface area contributed by atoms with Gasteiger partial charge in [-0.25, -0.2) is 4.39 Å². The van der Waals surface area contributed by atoms with Gasteiger partial charge in [-0.3, -0.25) is 9.59 Å². The van der Waals surface area contributed by atoms with Gasteiger partial charge in [-0.1, -0.05) is 31.7 Å². The van der Waals surface area contributed by atoms with E-state index in [0.29, 0.717) is 18.0 Å². The van der Waals surface area contributed by atoms with Crippen LogP contribution in [0.1, 0.15) is 38.5 Å². The van der Waals surface area contributed by atoms with Crippen molar-refractivity contribution in [3.8, 4) is 0 Å². The summed E-state index contributed by atoms with van der Waals surface area (Å²) in [6.07, 6.45) is 6.33. The highest BCUT2D eigenvalue weighted by molar-refractivity contribution is 5.94. The van der Waals surface area contributed by atoms with Gasteiger partial charge in [-0.2, -0.15) is 0 Å². The molecule has 4 nitrogen and oxygen atoms in total. The topological polar surface area (TPSA) is 58.2 Å². The van der Waals surface area contributed by atoms with E-state index in [1.54, 1.807) is 6.07 Å². The number of carbonyl (C=O) groups excluding carboxylic acids is 2. The van der Waals surface area contributed by atoms with Crippen LogP contribution in [-0.2, 0) is 9.59 Å². The second kappa shape index (κ2) is 7.76. The molecule has 2 amide bonds. The predicted molar refractivity (Wildman–Crippen MR) is 79.2 cm³/mol. The van der Waals surface area contributed by atoms with Gasteiger partial charge in [-0.15, -0.1) is 0 Å². The minimum absolute atomic E-state index is 0.0833. The molecule has 0 saturated heterocycles. The van der Waals surface area contributed by atoms with Crippen molar-refractivity contribution in [3.63, 3.8) is 0 Å². The normalized spacial score (nSPS) is 14.9. The maximum absolute atomic E-state index is 13.0. The molecule has 0 aliphatic heterocycles. The van der Waals surface area contributed by atoms with Crippen molar-refractivity contribution in [3.05, 3.63) is 30.1 Å². The fourth-order valence-corrected chi connectivity index (χ4v) is 2.67. The van der Waals surface area contributed by atoms with Crippen LogP contribution in [0.5, 0.6) is 0 Å². The Labute approximate surface area is 124 Å².